The number of rotatable bonds is 6. The zero-order valence-electron chi connectivity index (χ0n) is 13.7. The van der Waals surface area contributed by atoms with Gasteiger partial charge < -0.3 is 15.4 Å². The van der Waals surface area contributed by atoms with Crippen LogP contribution in [0.4, 0.5) is 4.79 Å². The number of benzene rings is 1. The topological polar surface area (TPSA) is 131 Å². The highest BCUT2D eigenvalue weighted by atomic mass is 32.2. The van der Waals surface area contributed by atoms with Gasteiger partial charge in [-0.15, -0.1) is 4.83 Å². The molecule has 1 aliphatic rings. The molecule has 0 aromatic heterocycles. The zero-order chi connectivity index (χ0) is 18.3. The lowest BCUT2D eigenvalue weighted by atomic mass is 9.96. The molecule has 1 saturated heterocycles. The summed E-state index contributed by atoms with van der Waals surface area (Å²) in [6.07, 6.45) is 0.430. The summed E-state index contributed by atoms with van der Waals surface area (Å²) in [5.41, 5.74) is 8.08. The van der Waals surface area contributed by atoms with E-state index in [1.165, 1.54) is 4.90 Å². The maximum absolute atomic E-state index is 12.0. The third-order valence-corrected chi connectivity index (χ3v) is 4.73. The van der Waals surface area contributed by atoms with Crippen molar-refractivity contribution in [2.75, 3.05) is 19.0 Å². The van der Waals surface area contributed by atoms with E-state index in [1.807, 2.05) is 35.2 Å². The molecule has 2 amide bonds. The second kappa shape index (κ2) is 8.79. The fourth-order valence-electron chi connectivity index (χ4n) is 2.41. The molecule has 0 unspecified atom stereocenters. The van der Waals surface area contributed by atoms with Gasteiger partial charge >= 0.3 is 6.09 Å². The highest BCUT2D eigenvalue weighted by molar-refractivity contribution is 7.89. The van der Waals surface area contributed by atoms with Gasteiger partial charge in [-0.25, -0.2) is 13.2 Å². The third kappa shape index (κ3) is 6.00. The van der Waals surface area contributed by atoms with Gasteiger partial charge in [0.25, 0.3) is 0 Å². The van der Waals surface area contributed by atoms with Crippen molar-refractivity contribution in [3.8, 4) is 0 Å². The van der Waals surface area contributed by atoms with Gasteiger partial charge in [0, 0.05) is 19.0 Å². The number of carbonyl (C=O) groups is 2. The van der Waals surface area contributed by atoms with E-state index in [0.29, 0.717) is 25.9 Å². The summed E-state index contributed by atoms with van der Waals surface area (Å²) in [4.78, 5) is 27.4. The first-order valence-corrected chi connectivity index (χ1v) is 9.51. The number of nitrogens with one attached hydrogen (secondary N) is 2. The van der Waals surface area contributed by atoms with Crippen LogP contribution >= 0.6 is 0 Å². The van der Waals surface area contributed by atoms with Crippen LogP contribution in [0.5, 0.6) is 0 Å². The van der Waals surface area contributed by atoms with Crippen LogP contribution in [0.25, 0.3) is 0 Å². The van der Waals surface area contributed by atoms with Gasteiger partial charge in [-0.1, -0.05) is 30.3 Å². The van der Waals surface area contributed by atoms with Crippen LogP contribution in [0.1, 0.15) is 18.4 Å². The van der Waals surface area contributed by atoms with Crippen LogP contribution in [-0.4, -0.2) is 44.3 Å². The fourth-order valence-corrected chi connectivity index (χ4v) is 2.75. The lowest BCUT2D eigenvalue weighted by molar-refractivity contribution is -0.126. The molecule has 1 aliphatic heterocycles. The summed E-state index contributed by atoms with van der Waals surface area (Å²) < 4.78 is 27.6. The second-order valence-corrected chi connectivity index (χ2v) is 7.44. The van der Waals surface area contributed by atoms with E-state index in [0.717, 1.165) is 5.56 Å². The van der Waals surface area contributed by atoms with E-state index in [-0.39, 0.29) is 12.5 Å². The molecule has 0 bridgehead atoms. The maximum atomic E-state index is 12.0. The van der Waals surface area contributed by atoms with Gasteiger partial charge in [0.05, 0.1) is 0 Å². The predicted octanol–water partition coefficient (Wildman–Crippen LogP) is -0.0980. The summed E-state index contributed by atoms with van der Waals surface area (Å²) in [5, 5.41) is 0. The van der Waals surface area contributed by atoms with E-state index < -0.39 is 27.9 Å². The van der Waals surface area contributed by atoms with Crippen molar-refractivity contribution in [3.05, 3.63) is 35.9 Å². The minimum Gasteiger partial charge on any atom is -0.445 e. The molecule has 10 heteroatoms. The molecule has 0 atom stereocenters. The summed E-state index contributed by atoms with van der Waals surface area (Å²) in [6, 6.07) is 9.35. The number of carbonyl (C=O) groups excluding carboxylic acids is 2. The molecule has 1 fully saturated rings. The van der Waals surface area contributed by atoms with E-state index in [1.54, 1.807) is 0 Å². The number of nitrogens with two attached hydrogens (primary N) is 1. The monoisotopic (exact) mass is 370 g/mol. The Balaban J connectivity index is 1.73. The number of nitrogens with zero attached hydrogens (tertiary/aromatic N) is 1. The Kier molecular flexibility index (Phi) is 6.73. The smallest absolute Gasteiger partial charge is 0.410 e. The summed E-state index contributed by atoms with van der Waals surface area (Å²) in [6.45, 7) is 0.936. The van der Waals surface area contributed by atoms with Crippen molar-refractivity contribution >= 4 is 22.0 Å². The molecule has 25 heavy (non-hydrogen) atoms. The van der Waals surface area contributed by atoms with Gasteiger partial charge in [-0.05, 0) is 18.4 Å². The molecule has 0 aliphatic carbocycles. The number of hydrogen-bond donors (Lipinski definition) is 3. The molecule has 1 aromatic carbocycles. The Morgan fingerprint density at radius 2 is 1.84 bits per heavy atom. The highest BCUT2D eigenvalue weighted by Crippen LogP contribution is 2.18. The Morgan fingerprint density at radius 3 is 2.44 bits per heavy atom. The standard InChI is InChI=1S/C15H22N4O5S/c16-11-25(22,23)18-17-14(20)13-6-8-19(9-7-13)15(21)24-10-12-4-2-1-3-5-12/h1-5,13,18H,6-11,16H2,(H,17,20). The number of hydrazine groups is 1. The Morgan fingerprint density at radius 1 is 1.20 bits per heavy atom. The number of likely N-dealkylation sites (tertiary alicyclic amines) is 1. The number of piperidine rings is 1. The molecule has 9 nitrogen and oxygen atoms in total. The van der Waals surface area contributed by atoms with E-state index in [2.05, 4.69) is 5.43 Å². The average Bonchev–Trinajstić information content (AvgIpc) is 2.65. The van der Waals surface area contributed by atoms with E-state index >= 15 is 0 Å². The molecule has 138 valence electrons. The Bertz CT molecular complexity index is 687. The first-order valence-electron chi connectivity index (χ1n) is 7.86. The van der Waals surface area contributed by atoms with Crippen molar-refractivity contribution in [3.63, 3.8) is 0 Å². The second-order valence-electron chi connectivity index (χ2n) is 5.67. The van der Waals surface area contributed by atoms with Crippen molar-refractivity contribution in [1.29, 1.82) is 0 Å². The average molecular weight is 370 g/mol. The number of amides is 2. The summed E-state index contributed by atoms with van der Waals surface area (Å²) in [5.74, 6) is -1.42. The normalized spacial score (nSPS) is 15.6. The van der Waals surface area contributed by atoms with Crippen LogP contribution in [0, 0.1) is 5.92 Å². The van der Waals surface area contributed by atoms with Gasteiger partial charge in [-0.2, -0.15) is 0 Å². The number of ether oxygens (including phenoxy) is 1. The van der Waals surface area contributed by atoms with Crippen LogP contribution in [0.2, 0.25) is 0 Å². The van der Waals surface area contributed by atoms with Gasteiger partial charge in [0.15, 0.2) is 0 Å². The van der Waals surface area contributed by atoms with Crippen LogP contribution in [-0.2, 0) is 26.2 Å². The summed E-state index contributed by atoms with van der Waals surface area (Å²) >= 11 is 0. The lowest BCUT2D eigenvalue weighted by Gasteiger charge is -2.30. The molecule has 1 heterocycles. The summed E-state index contributed by atoms with van der Waals surface area (Å²) in [7, 11) is -3.70. The van der Waals surface area contributed by atoms with Crippen molar-refractivity contribution in [2.24, 2.45) is 11.7 Å². The largest absolute Gasteiger partial charge is 0.445 e. The van der Waals surface area contributed by atoms with Crippen molar-refractivity contribution in [2.45, 2.75) is 19.4 Å². The maximum Gasteiger partial charge on any atom is 0.410 e. The first kappa shape index (κ1) is 19.2. The SMILES string of the molecule is NCS(=O)(=O)NNC(=O)C1CCN(C(=O)OCc2ccccc2)CC1. The number of hydrogen-bond acceptors (Lipinski definition) is 6. The Hall–Kier alpha value is -2.17. The van der Waals surface area contributed by atoms with Gasteiger partial charge in [0.1, 0.15) is 12.5 Å². The minimum absolute atomic E-state index is 0.195. The fraction of sp³-hybridized carbons (Fsp3) is 0.467. The van der Waals surface area contributed by atoms with Crippen molar-refractivity contribution in [1.82, 2.24) is 15.2 Å². The van der Waals surface area contributed by atoms with Gasteiger partial charge in [0.2, 0.25) is 15.9 Å². The zero-order valence-corrected chi connectivity index (χ0v) is 14.5. The molecule has 4 N–H and O–H groups in total. The number of sulfonamides is 1. The van der Waals surface area contributed by atoms with Crippen LogP contribution < -0.4 is 16.0 Å². The Labute approximate surface area is 146 Å². The lowest BCUT2D eigenvalue weighted by Crippen LogP contribution is -2.49. The molecular weight excluding hydrogens is 348 g/mol. The minimum atomic E-state index is -3.70. The van der Waals surface area contributed by atoms with E-state index in [4.69, 9.17) is 10.5 Å². The molecule has 1 aromatic rings. The first-order chi connectivity index (χ1) is 11.9. The van der Waals surface area contributed by atoms with Crippen LogP contribution in [0.3, 0.4) is 0 Å². The quantitative estimate of drug-likeness (QED) is 0.600. The van der Waals surface area contributed by atoms with Gasteiger partial charge in [-0.3, -0.25) is 10.2 Å². The van der Waals surface area contributed by atoms with Crippen molar-refractivity contribution < 1.29 is 22.7 Å². The predicted molar refractivity (Wildman–Crippen MR) is 90.2 cm³/mol. The molecule has 0 spiro atoms. The molecular formula is C15H22N4O5S. The molecule has 2 rings (SSSR count). The molecule has 0 saturated carbocycles. The third-order valence-electron chi connectivity index (χ3n) is 3.88. The van der Waals surface area contributed by atoms with Crippen LogP contribution in [0.15, 0.2) is 30.3 Å². The highest BCUT2D eigenvalue weighted by Gasteiger charge is 2.28. The molecule has 0 radical (unpaired) electrons. The van der Waals surface area contributed by atoms with E-state index in [9.17, 15) is 18.0 Å².